The number of fused-ring (bicyclic) bond motifs is 3. The number of carbonyl (C=O) groups is 1. The van der Waals surface area contributed by atoms with Gasteiger partial charge >= 0.3 is 0 Å². The van der Waals surface area contributed by atoms with Crippen molar-refractivity contribution in [3.63, 3.8) is 0 Å². The zero-order chi connectivity index (χ0) is 14.4. The number of hydrogen-bond donors (Lipinski definition) is 1. The second-order valence-corrected chi connectivity index (χ2v) is 6.00. The molecule has 1 aliphatic carbocycles. The zero-order valence-corrected chi connectivity index (χ0v) is 12.8. The zero-order valence-electron chi connectivity index (χ0n) is 10.5. The summed E-state index contributed by atoms with van der Waals surface area (Å²) in [6.45, 7) is 1.48. The summed E-state index contributed by atoms with van der Waals surface area (Å²) in [6.07, 6.45) is 0. The van der Waals surface area contributed by atoms with Gasteiger partial charge in [0.15, 0.2) is 0 Å². The van der Waals surface area contributed by atoms with Crippen molar-refractivity contribution in [2.45, 2.75) is 13.0 Å². The van der Waals surface area contributed by atoms with Crippen molar-refractivity contribution in [1.29, 1.82) is 0 Å². The van der Waals surface area contributed by atoms with Gasteiger partial charge in [-0.25, -0.2) is 0 Å². The average molecular weight is 327 g/mol. The van der Waals surface area contributed by atoms with Gasteiger partial charge in [-0.15, -0.1) is 0 Å². The fourth-order valence-corrected chi connectivity index (χ4v) is 3.42. The Morgan fingerprint density at radius 2 is 1.75 bits per heavy atom. The van der Waals surface area contributed by atoms with Gasteiger partial charge in [-0.05, 0) is 41.0 Å². The van der Waals surface area contributed by atoms with Crippen molar-refractivity contribution in [3.05, 3.63) is 56.5 Å². The van der Waals surface area contributed by atoms with E-state index in [1.165, 1.54) is 6.92 Å². The van der Waals surface area contributed by atoms with Gasteiger partial charge < -0.3 is 5.32 Å². The third-order valence-corrected chi connectivity index (χ3v) is 4.09. The van der Waals surface area contributed by atoms with Crippen LogP contribution in [0.25, 0.3) is 11.1 Å². The van der Waals surface area contributed by atoms with E-state index in [4.69, 9.17) is 34.8 Å². The van der Waals surface area contributed by atoms with Crippen LogP contribution in [0.1, 0.15) is 24.1 Å². The van der Waals surface area contributed by atoms with Crippen LogP contribution in [0.15, 0.2) is 30.3 Å². The first-order valence-electron chi connectivity index (χ1n) is 6.03. The van der Waals surface area contributed by atoms with Crippen molar-refractivity contribution >= 4 is 40.7 Å². The molecular weight excluding hydrogens is 317 g/mol. The third-order valence-electron chi connectivity index (χ3n) is 3.34. The first-order valence-corrected chi connectivity index (χ1v) is 7.16. The van der Waals surface area contributed by atoms with Crippen LogP contribution in [0.4, 0.5) is 0 Å². The molecule has 2 aromatic rings. The second kappa shape index (κ2) is 4.96. The first kappa shape index (κ1) is 13.7. The van der Waals surface area contributed by atoms with E-state index in [1.807, 2.05) is 24.3 Å². The molecule has 0 saturated heterocycles. The number of carbonyl (C=O) groups excluding carboxylic acids is 1. The molecule has 1 atom stereocenters. The number of amides is 1. The number of rotatable bonds is 1. The Kier molecular flexibility index (Phi) is 3.41. The molecule has 1 unspecified atom stereocenters. The van der Waals surface area contributed by atoms with E-state index in [0.717, 1.165) is 22.3 Å². The van der Waals surface area contributed by atoms with Gasteiger partial charge in [-0.1, -0.05) is 40.9 Å². The van der Waals surface area contributed by atoms with Crippen LogP contribution in [0.3, 0.4) is 0 Å². The lowest BCUT2D eigenvalue weighted by atomic mass is 10.1. The second-order valence-electron chi connectivity index (χ2n) is 4.72. The highest BCUT2D eigenvalue weighted by molar-refractivity contribution is 6.37. The fraction of sp³-hybridized carbons (Fsp3) is 0.133. The van der Waals surface area contributed by atoms with E-state index < -0.39 is 0 Å². The van der Waals surface area contributed by atoms with Crippen molar-refractivity contribution in [3.8, 4) is 11.1 Å². The normalized spacial score (nSPS) is 15.7. The van der Waals surface area contributed by atoms with Crippen molar-refractivity contribution < 1.29 is 4.79 Å². The van der Waals surface area contributed by atoms with E-state index in [9.17, 15) is 4.79 Å². The Morgan fingerprint density at radius 3 is 2.45 bits per heavy atom. The van der Waals surface area contributed by atoms with E-state index in [0.29, 0.717) is 15.1 Å². The minimum absolute atomic E-state index is 0.120. The lowest BCUT2D eigenvalue weighted by Crippen LogP contribution is -2.25. The molecule has 102 valence electrons. The summed E-state index contributed by atoms with van der Waals surface area (Å²) < 4.78 is 0. The molecule has 1 amide bonds. The SMILES string of the molecule is CC(=O)NC1c2cc(Cl)ccc2-c2c(Cl)cc(Cl)cc21. The molecule has 0 radical (unpaired) electrons. The number of halogens is 3. The van der Waals surface area contributed by atoms with Crippen LogP contribution in [0.2, 0.25) is 15.1 Å². The van der Waals surface area contributed by atoms with Crippen LogP contribution < -0.4 is 5.32 Å². The minimum atomic E-state index is -0.271. The molecule has 0 aromatic heterocycles. The predicted molar refractivity (Wildman–Crippen MR) is 82.6 cm³/mol. The highest BCUT2D eigenvalue weighted by Gasteiger charge is 2.31. The van der Waals surface area contributed by atoms with E-state index in [1.54, 1.807) is 6.07 Å². The van der Waals surface area contributed by atoms with E-state index in [2.05, 4.69) is 5.32 Å². The average Bonchev–Trinajstić information content (AvgIpc) is 2.63. The van der Waals surface area contributed by atoms with Gasteiger partial charge in [0, 0.05) is 22.5 Å². The molecule has 0 spiro atoms. The summed E-state index contributed by atoms with van der Waals surface area (Å²) in [5, 5.41) is 4.66. The summed E-state index contributed by atoms with van der Waals surface area (Å²) in [7, 11) is 0. The summed E-state index contributed by atoms with van der Waals surface area (Å²) in [5.41, 5.74) is 3.72. The molecular formula is C15H10Cl3NO. The maximum Gasteiger partial charge on any atom is 0.217 e. The molecule has 2 nitrogen and oxygen atoms in total. The Labute approximate surface area is 131 Å². The van der Waals surface area contributed by atoms with Crippen LogP contribution >= 0.6 is 34.8 Å². The maximum atomic E-state index is 11.5. The topological polar surface area (TPSA) is 29.1 Å². The molecule has 0 saturated carbocycles. The highest BCUT2D eigenvalue weighted by atomic mass is 35.5. The molecule has 1 aliphatic rings. The Bertz CT molecular complexity index is 727. The molecule has 2 aromatic carbocycles. The summed E-state index contributed by atoms with van der Waals surface area (Å²) >= 11 is 18.5. The van der Waals surface area contributed by atoms with E-state index in [-0.39, 0.29) is 11.9 Å². The lowest BCUT2D eigenvalue weighted by molar-refractivity contribution is -0.119. The molecule has 20 heavy (non-hydrogen) atoms. The summed E-state index contributed by atoms with van der Waals surface area (Å²) in [4.78, 5) is 11.5. The number of benzene rings is 2. The lowest BCUT2D eigenvalue weighted by Gasteiger charge is -2.15. The van der Waals surface area contributed by atoms with Gasteiger partial charge in [-0.2, -0.15) is 0 Å². The van der Waals surface area contributed by atoms with Crippen LogP contribution in [-0.2, 0) is 4.79 Å². The van der Waals surface area contributed by atoms with Crippen molar-refractivity contribution in [2.24, 2.45) is 0 Å². The highest BCUT2D eigenvalue weighted by Crippen LogP contribution is 2.48. The monoisotopic (exact) mass is 325 g/mol. The van der Waals surface area contributed by atoms with E-state index >= 15 is 0 Å². The van der Waals surface area contributed by atoms with Crippen LogP contribution in [-0.4, -0.2) is 5.91 Å². The van der Waals surface area contributed by atoms with Crippen LogP contribution in [0.5, 0.6) is 0 Å². The van der Waals surface area contributed by atoms with Crippen molar-refractivity contribution in [2.75, 3.05) is 0 Å². The van der Waals surface area contributed by atoms with Gasteiger partial charge in [0.2, 0.25) is 5.91 Å². The molecule has 0 aliphatic heterocycles. The summed E-state index contributed by atoms with van der Waals surface area (Å²) in [5.74, 6) is -0.120. The third kappa shape index (κ3) is 2.18. The predicted octanol–water partition coefficient (Wildman–Crippen LogP) is 4.85. The van der Waals surface area contributed by atoms with Crippen molar-refractivity contribution in [1.82, 2.24) is 5.32 Å². The molecule has 3 rings (SSSR count). The Morgan fingerprint density at radius 1 is 1.05 bits per heavy atom. The molecule has 0 fully saturated rings. The standard InChI is InChI=1S/C15H10Cl3NO/c1-7(20)19-15-11-4-8(16)2-3-10(11)14-12(15)5-9(17)6-13(14)18/h2-6,15H,1H3,(H,19,20). The number of hydrogen-bond acceptors (Lipinski definition) is 1. The fourth-order valence-electron chi connectivity index (χ4n) is 2.63. The number of nitrogens with one attached hydrogen (secondary N) is 1. The minimum Gasteiger partial charge on any atom is -0.345 e. The summed E-state index contributed by atoms with van der Waals surface area (Å²) in [6, 6.07) is 8.84. The van der Waals surface area contributed by atoms with Gasteiger partial charge in [0.05, 0.1) is 11.1 Å². The van der Waals surface area contributed by atoms with Crippen LogP contribution in [0, 0.1) is 0 Å². The maximum absolute atomic E-state index is 11.5. The van der Waals surface area contributed by atoms with Gasteiger partial charge in [0.1, 0.15) is 0 Å². The molecule has 1 N–H and O–H groups in total. The van der Waals surface area contributed by atoms with Gasteiger partial charge in [-0.3, -0.25) is 4.79 Å². The largest absolute Gasteiger partial charge is 0.345 e. The Balaban J connectivity index is 2.28. The smallest absolute Gasteiger partial charge is 0.217 e. The quantitative estimate of drug-likeness (QED) is 0.797. The first-order chi connectivity index (χ1) is 9.47. The molecule has 0 bridgehead atoms. The molecule has 5 heteroatoms. The van der Waals surface area contributed by atoms with Gasteiger partial charge in [0.25, 0.3) is 0 Å². The molecule has 0 heterocycles. The Hall–Kier alpha value is -1.22.